The molecule has 2 atom stereocenters. The van der Waals surface area contributed by atoms with Crippen molar-refractivity contribution in [3.05, 3.63) is 71.8 Å². The fraction of sp³-hybridized carbons (Fsp3) is 0.515. The maximum Gasteiger partial charge on any atom is 0.309 e. The van der Waals surface area contributed by atoms with Crippen LogP contribution in [0.15, 0.2) is 60.7 Å². The minimum atomic E-state index is -0.813. The summed E-state index contributed by atoms with van der Waals surface area (Å²) in [4.78, 5) is 48.1. The van der Waals surface area contributed by atoms with E-state index in [1.54, 1.807) is 0 Å². The van der Waals surface area contributed by atoms with Crippen LogP contribution in [0.1, 0.15) is 94.6 Å². The van der Waals surface area contributed by atoms with Gasteiger partial charge in [-0.25, -0.2) is 0 Å². The van der Waals surface area contributed by atoms with Gasteiger partial charge in [-0.1, -0.05) is 99.2 Å². The zero-order valence-electron chi connectivity index (χ0n) is 23.9. The molecule has 0 aromatic heterocycles. The predicted molar refractivity (Wildman–Crippen MR) is 155 cm³/mol. The summed E-state index contributed by atoms with van der Waals surface area (Å²) >= 11 is 0. The summed E-state index contributed by atoms with van der Waals surface area (Å²) in [5.74, 6) is -3.29. The number of carboxylic acid groups (broad SMARTS) is 2. The van der Waals surface area contributed by atoms with Crippen LogP contribution in [0.2, 0.25) is 0 Å². The highest BCUT2D eigenvalue weighted by Crippen LogP contribution is 2.27. The van der Waals surface area contributed by atoms with Crippen molar-refractivity contribution in [1.29, 1.82) is 0 Å². The van der Waals surface area contributed by atoms with Crippen LogP contribution in [0, 0.1) is 11.8 Å². The highest BCUT2D eigenvalue weighted by molar-refractivity contribution is 5.76. The largest absolute Gasteiger partial charge is 0.481 e. The van der Waals surface area contributed by atoms with Crippen LogP contribution in [-0.2, 0) is 41.9 Å². The first-order chi connectivity index (χ1) is 19.8. The van der Waals surface area contributed by atoms with Gasteiger partial charge in [-0.05, 0) is 43.2 Å². The van der Waals surface area contributed by atoms with Crippen LogP contribution < -0.4 is 0 Å². The van der Waals surface area contributed by atoms with Gasteiger partial charge in [-0.2, -0.15) is 0 Å². The molecule has 0 radical (unpaired) electrons. The number of rotatable bonds is 22. The van der Waals surface area contributed by atoms with Crippen molar-refractivity contribution in [2.24, 2.45) is 11.8 Å². The van der Waals surface area contributed by atoms with Gasteiger partial charge in [-0.3, -0.25) is 19.2 Å². The van der Waals surface area contributed by atoms with Gasteiger partial charge in [0.1, 0.15) is 13.2 Å². The summed E-state index contributed by atoms with van der Waals surface area (Å²) in [5.41, 5.74) is 1.77. The molecule has 0 fully saturated rings. The van der Waals surface area contributed by atoms with E-state index < -0.39 is 23.8 Å². The van der Waals surface area contributed by atoms with Crippen LogP contribution in [0.3, 0.4) is 0 Å². The summed E-state index contributed by atoms with van der Waals surface area (Å²) in [7, 11) is 0. The van der Waals surface area contributed by atoms with E-state index in [1.165, 1.54) is 0 Å². The van der Waals surface area contributed by atoms with E-state index in [-0.39, 0.29) is 38.0 Å². The standard InChI is InChI=1S/C33H44O8/c34-30(35)21-13-3-1-11-19-28(32(38)40-24-26-15-7-5-8-16-26)23-29(20-12-2-4-14-22-31(36)37)33(39)41-25-27-17-9-6-10-18-27/h5-10,15-18,28-29H,1-4,11-14,19-25H2,(H,34,35)(H,36,37). The maximum atomic E-state index is 13.2. The first kappa shape index (κ1) is 33.5. The Hall–Kier alpha value is -3.68. The van der Waals surface area contributed by atoms with Crippen molar-refractivity contribution >= 4 is 23.9 Å². The molecule has 0 saturated heterocycles. The summed E-state index contributed by atoms with van der Waals surface area (Å²) in [5, 5.41) is 17.7. The normalized spacial score (nSPS) is 12.3. The summed E-state index contributed by atoms with van der Waals surface area (Å²) in [6.07, 6.45) is 7.41. The number of carboxylic acids is 2. The topological polar surface area (TPSA) is 127 Å². The Labute approximate surface area is 243 Å². The molecule has 2 rings (SSSR count). The lowest BCUT2D eigenvalue weighted by molar-refractivity contribution is -0.155. The Morgan fingerprint density at radius 3 is 1.27 bits per heavy atom. The lowest BCUT2D eigenvalue weighted by Crippen LogP contribution is -2.26. The van der Waals surface area contributed by atoms with Gasteiger partial charge in [0.05, 0.1) is 11.8 Å². The first-order valence-electron chi connectivity index (χ1n) is 14.7. The minimum absolute atomic E-state index is 0.129. The lowest BCUT2D eigenvalue weighted by atomic mass is 9.87. The molecular formula is C33H44O8. The SMILES string of the molecule is O=C(O)CCCCCCC(CC(CCCCCCC(=O)O)C(=O)OCc1ccccc1)C(=O)OCc1ccccc1. The Morgan fingerprint density at radius 1 is 0.537 bits per heavy atom. The van der Waals surface area contributed by atoms with E-state index in [0.717, 1.165) is 49.7 Å². The highest BCUT2D eigenvalue weighted by Gasteiger charge is 2.29. The molecule has 0 heterocycles. The number of carbonyl (C=O) groups is 4. The number of hydrogen-bond donors (Lipinski definition) is 2. The number of carbonyl (C=O) groups excluding carboxylic acids is 2. The van der Waals surface area contributed by atoms with E-state index in [0.29, 0.717) is 32.1 Å². The van der Waals surface area contributed by atoms with Gasteiger partial charge in [0, 0.05) is 12.8 Å². The molecule has 0 aliphatic heterocycles. The van der Waals surface area contributed by atoms with Crippen molar-refractivity contribution in [3.8, 4) is 0 Å². The van der Waals surface area contributed by atoms with E-state index >= 15 is 0 Å². The molecule has 0 aliphatic rings. The smallest absolute Gasteiger partial charge is 0.309 e. The molecule has 8 heteroatoms. The molecule has 8 nitrogen and oxygen atoms in total. The molecule has 0 amide bonds. The number of aliphatic carboxylic acids is 2. The molecule has 2 aromatic rings. The minimum Gasteiger partial charge on any atom is -0.481 e. The van der Waals surface area contributed by atoms with E-state index in [1.807, 2.05) is 60.7 Å². The molecule has 2 unspecified atom stereocenters. The second-order valence-electron chi connectivity index (χ2n) is 10.5. The Morgan fingerprint density at radius 2 is 0.902 bits per heavy atom. The van der Waals surface area contributed by atoms with E-state index in [9.17, 15) is 19.2 Å². The summed E-state index contributed by atoms with van der Waals surface area (Å²) in [6.45, 7) is 0.308. The van der Waals surface area contributed by atoms with Crippen LogP contribution in [-0.4, -0.2) is 34.1 Å². The van der Waals surface area contributed by atoms with Gasteiger partial charge in [0.15, 0.2) is 0 Å². The quantitative estimate of drug-likeness (QED) is 0.115. The van der Waals surface area contributed by atoms with Crippen molar-refractivity contribution in [3.63, 3.8) is 0 Å². The Bertz CT molecular complexity index is 954. The molecule has 0 spiro atoms. The molecular weight excluding hydrogens is 524 g/mol. The van der Waals surface area contributed by atoms with Crippen molar-refractivity contribution < 1.29 is 38.9 Å². The number of esters is 2. The molecule has 0 aliphatic carbocycles. The fourth-order valence-electron chi connectivity index (χ4n) is 4.74. The van der Waals surface area contributed by atoms with Crippen molar-refractivity contribution in [2.45, 2.75) is 96.7 Å². The maximum absolute atomic E-state index is 13.2. The average Bonchev–Trinajstić information content (AvgIpc) is 2.97. The van der Waals surface area contributed by atoms with Gasteiger partial charge in [-0.15, -0.1) is 0 Å². The van der Waals surface area contributed by atoms with Gasteiger partial charge < -0.3 is 19.7 Å². The molecule has 0 saturated carbocycles. The molecule has 224 valence electrons. The van der Waals surface area contributed by atoms with Gasteiger partial charge >= 0.3 is 23.9 Å². The fourth-order valence-corrected chi connectivity index (χ4v) is 4.74. The monoisotopic (exact) mass is 568 g/mol. The van der Waals surface area contributed by atoms with Crippen LogP contribution >= 0.6 is 0 Å². The molecule has 41 heavy (non-hydrogen) atoms. The zero-order valence-corrected chi connectivity index (χ0v) is 23.9. The van der Waals surface area contributed by atoms with E-state index in [4.69, 9.17) is 19.7 Å². The third-order valence-corrected chi connectivity index (χ3v) is 7.07. The van der Waals surface area contributed by atoms with Gasteiger partial charge in [0.25, 0.3) is 0 Å². The molecule has 2 N–H and O–H groups in total. The number of hydrogen-bond acceptors (Lipinski definition) is 6. The van der Waals surface area contributed by atoms with Crippen molar-refractivity contribution in [1.82, 2.24) is 0 Å². The van der Waals surface area contributed by atoms with Gasteiger partial charge in [0.2, 0.25) is 0 Å². The zero-order chi connectivity index (χ0) is 29.7. The Balaban J connectivity index is 2.03. The molecule has 0 bridgehead atoms. The lowest BCUT2D eigenvalue weighted by Gasteiger charge is -2.22. The third kappa shape index (κ3) is 15.6. The van der Waals surface area contributed by atoms with Crippen molar-refractivity contribution in [2.75, 3.05) is 0 Å². The second-order valence-corrected chi connectivity index (χ2v) is 10.5. The second kappa shape index (κ2) is 20.2. The Kier molecular flexibility index (Phi) is 16.5. The summed E-state index contributed by atoms with van der Waals surface area (Å²) in [6, 6.07) is 18.9. The number of ether oxygens (including phenoxy) is 2. The highest BCUT2D eigenvalue weighted by atomic mass is 16.5. The average molecular weight is 569 g/mol. The number of unbranched alkanes of at least 4 members (excludes halogenated alkanes) is 6. The first-order valence-corrected chi connectivity index (χ1v) is 14.7. The predicted octanol–water partition coefficient (Wildman–Crippen LogP) is 6.95. The third-order valence-electron chi connectivity index (χ3n) is 7.07. The van der Waals surface area contributed by atoms with Crippen LogP contribution in [0.5, 0.6) is 0 Å². The van der Waals surface area contributed by atoms with Crippen LogP contribution in [0.4, 0.5) is 0 Å². The van der Waals surface area contributed by atoms with E-state index in [2.05, 4.69) is 0 Å². The van der Waals surface area contributed by atoms with Crippen LogP contribution in [0.25, 0.3) is 0 Å². The number of benzene rings is 2. The molecule has 2 aromatic carbocycles. The summed E-state index contributed by atoms with van der Waals surface area (Å²) < 4.78 is 11.3.